The molecule has 21 heavy (non-hydrogen) atoms. The summed E-state index contributed by atoms with van der Waals surface area (Å²) in [5.74, 6) is 0.155. The molecule has 0 aliphatic heterocycles. The molecule has 108 valence electrons. The lowest BCUT2D eigenvalue weighted by Crippen LogP contribution is -2.25. The van der Waals surface area contributed by atoms with Crippen LogP contribution in [0.25, 0.3) is 11.1 Å². The number of amides is 1. The van der Waals surface area contributed by atoms with E-state index in [0.717, 1.165) is 22.4 Å². The minimum atomic E-state index is 0.155. The molecule has 0 spiro atoms. The van der Waals surface area contributed by atoms with E-state index in [2.05, 4.69) is 41.1 Å². The first-order chi connectivity index (χ1) is 10.1. The molecule has 0 bridgehead atoms. The predicted molar refractivity (Wildman–Crippen MR) is 88.1 cm³/mol. The largest absolute Gasteiger partial charge is 0.341 e. The molecular weight excluding hydrogens is 280 g/mol. The molecule has 0 heterocycles. The summed E-state index contributed by atoms with van der Waals surface area (Å²) in [6.45, 7) is 2.52. The summed E-state index contributed by atoms with van der Waals surface area (Å²) < 4.78 is 3.72. The fourth-order valence-corrected chi connectivity index (χ4v) is 2.27. The quantitative estimate of drug-likeness (QED) is 0.833. The van der Waals surface area contributed by atoms with Crippen molar-refractivity contribution in [2.24, 2.45) is 4.36 Å². The van der Waals surface area contributed by atoms with Gasteiger partial charge in [0.2, 0.25) is 5.91 Å². The number of benzene rings is 2. The molecule has 0 saturated heterocycles. The molecule has 4 heteroatoms. The van der Waals surface area contributed by atoms with Crippen molar-refractivity contribution >= 4 is 24.0 Å². The summed E-state index contributed by atoms with van der Waals surface area (Å²) in [5, 5.41) is 0. The van der Waals surface area contributed by atoms with Crippen molar-refractivity contribution in [3.8, 4) is 11.1 Å². The maximum atomic E-state index is 11.6. The van der Waals surface area contributed by atoms with Crippen molar-refractivity contribution in [2.75, 3.05) is 7.05 Å². The van der Waals surface area contributed by atoms with Gasteiger partial charge < -0.3 is 4.90 Å². The highest BCUT2D eigenvalue weighted by Crippen LogP contribution is 2.23. The van der Waals surface area contributed by atoms with Crippen molar-refractivity contribution in [3.63, 3.8) is 0 Å². The molecule has 0 saturated carbocycles. The third-order valence-corrected chi connectivity index (χ3v) is 3.62. The Hall–Kier alpha value is -2.07. The highest BCUT2D eigenvalue weighted by molar-refractivity contribution is 7.47. The van der Waals surface area contributed by atoms with Crippen LogP contribution in [-0.2, 0) is 23.8 Å². The van der Waals surface area contributed by atoms with Crippen molar-refractivity contribution in [3.05, 3.63) is 54.1 Å². The number of hydrogen-bond donors (Lipinski definition) is 0. The second-order valence-electron chi connectivity index (χ2n) is 4.94. The van der Waals surface area contributed by atoms with Gasteiger partial charge in [0.05, 0.1) is 5.69 Å². The second-order valence-corrected chi connectivity index (χ2v) is 5.12. The van der Waals surface area contributed by atoms with Gasteiger partial charge in [-0.05, 0) is 28.8 Å². The topological polar surface area (TPSA) is 32.7 Å². The fourth-order valence-electron chi connectivity index (χ4n) is 2.15. The van der Waals surface area contributed by atoms with Gasteiger partial charge in [0.1, 0.15) is 0 Å². The number of rotatable bonds is 5. The molecule has 2 aromatic carbocycles. The van der Waals surface area contributed by atoms with E-state index in [1.807, 2.05) is 38.2 Å². The van der Waals surface area contributed by atoms with E-state index in [1.54, 1.807) is 4.90 Å². The SMILES string of the molecule is CCC(=O)N(C)Cc1ccc(-c2ccc(N=S)cc2)cc1. The molecule has 0 atom stereocenters. The summed E-state index contributed by atoms with van der Waals surface area (Å²) in [5.41, 5.74) is 4.19. The minimum absolute atomic E-state index is 0.155. The highest BCUT2D eigenvalue weighted by atomic mass is 32.1. The third-order valence-electron chi connectivity index (χ3n) is 3.41. The van der Waals surface area contributed by atoms with Gasteiger partial charge in [-0.2, -0.15) is 4.36 Å². The van der Waals surface area contributed by atoms with Crippen LogP contribution in [-0.4, -0.2) is 17.9 Å². The lowest BCUT2D eigenvalue weighted by atomic mass is 10.0. The Kier molecular flexibility index (Phi) is 5.17. The van der Waals surface area contributed by atoms with E-state index in [9.17, 15) is 4.79 Å². The molecule has 0 aromatic heterocycles. The zero-order valence-electron chi connectivity index (χ0n) is 12.2. The smallest absolute Gasteiger partial charge is 0.222 e. The Morgan fingerprint density at radius 1 is 1.05 bits per heavy atom. The van der Waals surface area contributed by atoms with Crippen molar-refractivity contribution < 1.29 is 4.79 Å². The third kappa shape index (κ3) is 3.95. The van der Waals surface area contributed by atoms with Gasteiger partial charge in [-0.15, -0.1) is 0 Å². The maximum Gasteiger partial charge on any atom is 0.222 e. The summed E-state index contributed by atoms with van der Waals surface area (Å²) in [7, 11) is 1.83. The molecule has 2 aromatic rings. The lowest BCUT2D eigenvalue weighted by Gasteiger charge is -2.16. The lowest BCUT2D eigenvalue weighted by molar-refractivity contribution is -0.130. The van der Waals surface area contributed by atoms with Gasteiger partial charge in [0, 0.05) is 32.4 Å². The molecule has 0 N–H and O–H groups in total. The summed E-state index contributed by atoms with van der Waals surface area (Å²) >= 11 is 4.66. The number of carbonyl (C=O) groups is 1. The molecule has 0 radical (unpaired) electrons. The molecule has 2 rings (SSSR count). The monoisotopic (exact) mass is 298 g/mol. The van der Waals surface area contributed by atoms with Gasteiger partial charge in [-0.25, -0.2) is 0 Å². The molecule has 0 aliphatic carbocycles. The van der Waals surface area contributed by atoms with Crippen LogP contribution >= 0.6 is 0 Å². The number of nitrogens with zero attached hydrogens (tertiary/aromatic N) is 2. The average molecular weight is 298 g/mol. The highest BCUT2D eigenvalue weighted by Gasteiger charge is 2.06. The molecule has 3 nitrogen and oxygen atoms in total. The molecule has 0 unspecified atom stereocenters. The van der Waals surface area contributed by atoms with Gasteiger partial charge in [-0.1, -0.05) is 43.3 Å². The van der Waals surface area contributed by atoms with Crippen molar-refractivity contribution in [1.29, 1.82) is 0 Å². The second kappa shape index (κ2) is 7.09. The van der Waals surface area contributed by atoms with Crippen LogP contribution in [0.2, 0.25) is 0 Å². The first kappa shape index (κ1) is 15.3. The summed E-state index contributed by atoms with van der Waals surface area (Å²) in [4.78, 5) is 13.3. The number of carbonyl (C=O) groups excluding carboxylic acids is 1. The van der Waals surface area contributed by atoms with E-state index in [1.165, 1.54) is 0 Å². The van der Waals surface area contributed by atoms with Gasteiger partial charge >= 0.3 is 0 Å². The molecule has 0 aliphatic rings. The van der Waals surface area contributed by atoms with Crippen LogP contribution in [0.3, 0.4) is 0 Å². The van der Waals surface area contributed by atoms with Crippen LogP contribution in [0.4, 0.5) is 5.69 Å². The average Bonchev–Trinajstić information content (AvgIpc) is 2.55. The van der Waals surface area contributed by atoms with Gasteiger partial charge in [0.15, 0.2) is 0 Å². The normalized spacial score (nSPS) is 10.2. The Bertz CT molecular complexity index is 620. The van der Waals surface area contributed by atoms with Gasteiger partial charge in [0.25, 0.3) is 0 Å². The predicted octanol–water partition coefficient (Wildman–Crippen LogP) is 4.08. The zero-order valence-corrected chi connectivity index (χ0v) is 13.1. The molecule has 0 fully saturated rings. The first-order valence-corrected chi connectivity index (χ1v) is 7.27. The van der Waals surface area contributed by atoms with Crippen molar-refractivity contribution in [2.45, 2.75) is 19.9 Å². The minimum Gasteiger partial charge on any atom is -0.341 e. The van der Waals surface area contributed by atoms with E-state index < -0.39 is 0 Å². The number of hydrogen-bond acceptors (Lipinski definition) is 3. The van der Waals surface area contributed by atoms with E-state index in [0.29, 0.717) is 13.0 Å². The van der Waals surface area contributed by atoms with Crippen LogP contribution < -0.4 is 0 Å². The molecule has 1 amide bonds. The van der Waals surface area contributed by atoms with Crippen LogP contribution in [0, 0.1) is 0 Å². The van der Waals surface area contributed by atoms with E-state index in [4.69, 9.17) is 0 Å². The van der Waals surface area contributed by atoms with E-state index in [-0.39, 0.29) is 5.91 Å². The summed E-state index contributed by atoms with van der Waals surface area (Å²) in [6.07, 6.45) is 0.537. The Morgan fingerprint density at radius 2 is 1.57 bits per heavy atom. The van der Waals surface area contributed by atoms with Gasteiger partial charge in [-0.3, -0.25) is 4.79 Å². The molecular formula is C17H18N2OS. The first-order valence-electron chi connectivity index (χ1n) is 6.90. The Morgan fingerprint density at radius 3 is 2.05 bits per heavy atom. The summed E-state index contributed by atoms with van der Waals surface area (Å²) in [6, 6.07) is 16.1. The van der Waals surface area contributed by atoms with Crippen LogP contribution in [0.5, 0.6) is 0 Å². The van der Waals surface area contributed by atoms with E-state index >= 15 is 0 Å². The Balaban J connectivity index is 2.10. The van der Waals surface area contributed by atoms with Crippen molar-refractivity contribution in [1.82, 2.24) is 4.90 Å². The Labute approximate surface area is 130 Å². The maximum absolute atomic E-state index is 11.6. The van der Waals surface area contributed by atoms with Crippen LogP contribution in [0.1, 0.15) is 18.9 Å². The van der Waals surface area contributed by atoms with Crippen LogP contribution in [0.15, 0.2) is 52.9 Å². The fraction of sp³-hybridized carbons (Fsp3) is 0.235. The standard InChI is InChI=1S/C17H18N2OS/c1-3-17(20)19(2)12-13-4-6-14(7-5-13)15-8-10-16(18-21)11-9-15/h4-11H,3,12H2,1-2H3. The zero-order chi connectivity index (χ0) is 15.2.